The van der Waals surface area contributed by atoms with Gasteiger partial charge in [0.15, 0.2) is 9.84 Å². The molecular weight excluding hydrogens is 304 g/mol. The molecule has 0 unspecified atom stereocenters. The second-order valence-corrected chi connectivity index (χ2v) is 8.03. The molecule has 0 aliphatic carbocycles. The largest absolute Gasteiger partial charge is 0.348 e. The summed E-state index contributed by atoms with van der Waals surface area (Å²) >= 11 is 0. The van der Waals surface area contributed by atoms with Crippen LogP contribution < -0.4 is 10.6 Å². The van der Waals surface area contributed by atoms with Gasteiger partial charge in [0, 0.05) is 18.4 Å². The molecule has 7 heteroatoms. The Morgan fingerprint density at radius 2 is 1.95 bits per heavy atom. The maximum Gasteiger partial charge on any atom is 0.238 e. The summed E-state index contributed by atoms with van der Waals surface area (Å²) in [5, 5.41) is 4.43. The first-order valence-corrected chi connectivity index (χ1v) is 9.06. The number of rotatable bonds is 4. The lowest BCUT2D eigenvalue weighted by Gasteiger charge is -2.21. The smallest absolute Gasteiger partial charge is 0.238 e. The molecule has 0 radical (unpaired) electrons. The SMILES string of the molecule is C[C@H](NC(=O)[C@@H](C)S(C)(=O)=O)c1ccc2c(c1)CCC(=O)N2. The van der Waals surface area contributed by atoms with Crippen molar-refractivity contribution in [3.8, 4) is 0 Å². The Balaban J connectivity index is 2.12. The Hall–Kier alpha value is -1.89. The number of amides is 2. The minimum absolute atomic E-state index is 0.00331. The molecule has 120 valence electrons. The van der Waals surface area contributed by atoms with Crippen LogP contribution in [0.4, 0.5) is 5.69 Å². The molecule has 22 heavy (non-hydrogen) atoms. The van der Waals surface area contributed by atoms with Crippen molar-refractivity contribution in [1.29, 1.82) is 0 Å². The molecule has 0 bridgehead atoms. The number of hydrogen-bond donors (Lipinski definition) is 2. The molecule has 1 aromatic carbocycles. The van der Waals surface area contributed by atoms with Gasteiger partial charge in [-0.3, -0.25) is 9.59 Å². The van der Waals surface area contributed by atoms with E-state index in [1.54, 1.807) is 6.92 Å². The lowest BCUT2D eigenvalue weighted by molar-refractivity contribution is -0.121. The Bertz CT molecular complexity index is 712. The van der Waals surface area contributed by atoms with E-state index < -0.39 is 21.0 Å². The van der Waals surface area contributed by atoms with Crippen molar-refractivity contribution < 1.29 is 18.0 Å². The molecule has 2 amide bonds. The predicted molar refractivity (Wildman–Crippen MR) is 84.3 cm³/mol. The predicted octanol–water partition coefficient (Wildman–Crippen LogP) is 1.18. The maximum absolute atomic E-state index is 12.0. The summed E-state index contributed by atoms with van der Waals surface area (Å²) < 4.78 is 22.8. The van der Waals surface area contributed by atoms with E-state index in [4.69, 9.17) is 0 Å². The molecule has 2 N–H and O–H groups in total. The zero-order valence-corrected chi connectivity index (χ0v) is 13.7. The molecule has 1 aliphatic heterocycles. The topological polar surface area (TPSA) is 92.3 Å². The Labute approximate surface area is 130 Å². The van der Waals surface area contributed by atoms with E-state index in [0.717, 1.165) is 23.1 Å². The van der Waals surface area contributed by atoms with Crippen LogP contribution in [0, 0.1) is 0 Å². The van der Waals surface area contributed by atoms with Crippen molar-refractivity contribution in [1.82, 2.24) is 5.32 Å². The second kappa shape index (κ2) is 6.08. The summed E-state index contributed by atoms with van der Waals surface area (Å²) in [6.45, 7) is 3.18. The van der Waals surface area contributed by atoms with Gasteiger partial charge in [-0.25, -0.2) is 8.42 Å². The van der Waals surface area contributed by atoms with Crippen LogP contribution in [0.25, 0.3) is 0 Å². The fraction of sp³-hybridized carbons (Fsp3) is 0.467. The lowest BCUT2D eigenvalue weighted by Crippen LogP contribution is -2.38. The molecule has 1 aromatic rings. The molecular formula is C15H20N2O4S. The van der Waals surface area contributed by atoms with Crippen LogP contribution in [-0.4, -0.2) is 31.7 Å². The Kier molecular flexibility index (Phi) is 4.55. The van der Waals surface area contributed by atoms with E-state index in [9.17, 15) is 18.0 Å². The quantitative estimate of drug-likeness (QED) is 0.870. The van der Waals surface area contributed by atoms with Crippen LogP contribution in [0.5, 0.6) is 0 Å². The van der Waals surface area contributed by atoms with Gasteiger partial charge in [-0.05, 0) is 37.5 Å². The third-order valence-corrected chi connectivity index (χ3v) is 5.39. The zero-order valence-electron chi connectivity index (χ0n) is 12.8. The average Bonchev–Trinajstić information content (AvgIpc) is 2.44. The van der Waals surface area contributed by atoms with Crippen molar-refractivity contribution in [3.63, 3.8) is 0 Å². The highest BCUT2D eigenvalue weighted by Gasteiger charge is 2.25. The van der Waals surface area contributed by atoms with E-state index >= 15 is 0 Å². The minimum atomic E-state index is -3.41. The molecule has 0 spiro atoms. The third kappa shape index (κ3) is 3.65. The first-order valence-electron chi connectivity index (χ1n) is 7.10. The van der Waals surface area contributed by atoms with Crippen LogP contribution in [-0.2, 0) is 25.8 Å². The number of hydrogen-bond acceptors (Lipinski definition) is 4. The highest BCUT2D eigenvalue weighted by Crippen LogP contribution is 2.26. The van der Waals surface area contributed by atoms with Crippen molar-refractivity contribution in [3.05, 3.63) is 29.3 Å². The van der Waals surface area contributed by atoms with Gasteiger partial charge in [-0.15, -0.1) is 0 Å². The highest BCUT2D eigenvalue weighted by atomic mass is 32.2. The van der Waals surface area contributed by atoms with Crippen molar-refractivity contribution in [2.45, 2.75) is 38.0 Å². The monoisotopic (exact) mass is 324 g/mol. The summed E-state index contributed by atoms with van der Waals surface area (Å²) in [6.07, 6.45) is 2.15. The highest BCUT2D eigenvalue weighted by molar-refractivity contribution is 7.92. The first-order chi connectivity index (χ1) is 10.2. The number of benzene rings is 1. The number of carbonyl (C=O) groups is 2. The molecule has 0 saturated carbocycles. The lowest BCUT2D eigenvalue weighted by atomic mass is 9.98. The molecule has 2 atom stereocenters. The van der Waals surface area contributed by atoms with E-state index in [1.807, 2.05) is 18.2 Å². The van der Waals surface area contributed by atoms with E-state index in [2.05, 4.69) is 10.6 Å². The second-order valence-electron chi connectivity index (χ2n) is 5.67. The van der Waals surface area contributed by atoms with Crippen LogP contribution in [0.15, 0.2) is 18.2 Å². The summed E-state index contributed by atoms with van der Waals surface area (Å²) in [4.78, 5) is 23.3. The maximum atomic E-state index is 12.0. The number of anilines is 1. The molecule has 1 aliphatic rings. The van der Waals surface area contributed by atoms with E-state index in [1.165, 1.54) is 6.92 Å². The number of aryl methyl sites for hydroxylation is 1. The van der Waals surface area contributed by atoms with Crippen molar-refractivity contribution in [2.24, 2.45) is 0 Å². The van der Waals surface area contributed by atoms with Gasteiger partial charge < -0.3 is 10.6 Å². The fourth-order valence-electron chi connectivity index (χ4n) is 2.28. The number of fused-ring (bicyclic) bond motifs is 1. The summed E-state index contributed by atoms with van der Waals surface area (Å²) in [7, 11) is -3.41. The minimum Gasteiger partial charge on any atom is -0.348 e. The van der Waals surface area contributed by atoms with E-state index in [0.29, 0.717) is 12.8 Å². The van der Waals surface area contributed by atoms with Crippen LogP contribution >= 0.6 is 0 Å². The number of carbonyl (C=O) groups excluding carboxylic acids is 2. The summed E-state index contributed by atoms with van der Waals surface area (Å²) in [5.41, 5.74) is 2.70. The first kappa shape index (κ1) is 16.5. The van der Waals surface area contributed by atoms with E-state index in [-0.39, 0.29) is 11.9 Å². The number of sulfone groups is 1. The van der Waals surface area contributed by atoms with Gasteiger partial charge in [0.05, 0.1) is 6.04 Å². The average molecular weight is 324 g/mol. The normalized spacial score (nSPS) is 17.1. The van der Waals surface area contributed by atoms with Crippen LogP contribution in [0.3, 0.4) is 0 Å². The van der Waals surface area contributed by atoms with Gasteiger partial charge in [0.25, 0.3) is 0 Å². The van der Waals surface area contributed by atoms with Crippen LogP contribution in [0.1, 0.15) is 37.4 Å². The molecule has 0 fully saturated rings. The molecule has 1 heterocycles. The number of nitrogens with one attached hydrogen (secondary N) is 2. The Morgan fingerprint density at radius 3 is 2.59 bits per heavy atom. The summed E-state index contributed by atoms with van der Waals surface area (Å²) in [5.74, 6) is -0.510. The van der Waals surface area contributed by atoms with Gasteiger partial charge >= 0.3 is 0 Å². The van der Waals surface area contributed by atoms with Crippen LogP contribution in [0.2, 0.25) is 0 Å². The summed E-state index contributed by atoms with van der Waals surface area (Å²) in [6, 6.07) is 5.26. The zero-order chi connectivity index (χ0) is 16.5. The van der Waals surface area contributed by atoms with Crippen molar-refractivity contribution in [2.75, 3.05) is 11.6 Å². The van der Waals surface area contributed by atoms with Gasteiger partial charge in [0.1, 0.15) is 5.25 Å². The van der Waals surface area contributed by atoms with Crippen molar-refractivity contribution >= 4 is 27.3 Å². The standard InChI is InChI=1S/C15H20N2O4S/c1-9(16-15(19)10(2)22(3,20)21)11-4-6-13-12(8-11)5-7-14(18)17-13/h4,6,8-10H,5,7H2,1-3H3,(H,16,19)(H,17,18)/t9-,10+/m0/s1. The fourth-order valence-corrected chi connectivity index (χ4v) is 2.74. The third-order valence-electron chi connectivity index (χ3n) is 3.90. The molecule has 2 rings (SSSR count). The van der Waals surface area contributed by atoms with Gasteiger partial charge in [0.2, 0.25) is 11.8 Å². The molecule has 6 nitrogen and oxygen atoms in total. The molecule has 0 aromatic heterocycles. The van der Waals surface area contributed by atoms with Gasteiger partial charge in [-0.1, -0.05) is 12.1 Å². The van der Waals surface area contributed by atoms with Gasteiger partial charge in [-0.2, -0.15) is 0 Å². The molecule has 0 saturated heterocycles. The Morgan fingerprint density at radius 1 is 1.27 bits per heavy atom.